The Balaban J connectivity index is 1.77. The number of benzene rings is 1. The summed E-state index contributed by atoms with van der Waals surface area (Å²) in [7, 11) is 1.77. The highest BCUT2D eigenvalue weighted by molar-refractivity contribution is 5.86. The molecule has 0 aromatic heterocycles. The molecule has 1 amide bonds. The highest BCUT2D eigenvalue weighted by Crippen LogP contribution is 2.41. The lowest BCUT2D eigenvalue weighted by molar-refractivity contribution is -0.149. The van der Waals surface area contributed by atoms with E-state index in [1.165, 1.54) is 18.2 Å². The van der Waals surface area contributed by atoms with Crippen LogP contribution in [0, 0.1) is 0 Å². The first kappa shape index (κ1) is 20.1. The molecule has 2 heterocycles. The van der Waals surface area contributed by atoms with Crippen molar-refractivity contribution in [2.24, 2.45) is 0 Å². The molecule has 0 saturated carbocycles. The molecule has 150 valence electrons. The normalized spacial score (nSPS) is 29.1. The van der Waals surface area contributed by atoms with Gasteiger partial charge >= 0.3 is 6.18 Å². The van der Waals surface area contributed by atoms with Crippen molar-refractivity contribution in [2.75, 3.05) is 26.7 Å². The van der Waals surface area contributed by atoms with E-state index in [-0.39, 0.29) is 37.4 Å². The van der Waals surface area contributed by atoms with Gasteiger partial charge in [0.1, 0.15) is 5.54 Å². The van der Waals surface area contributed by atoms with Crippen molar-refractivity contribution in [2.45, 2.75) is 49.6 Å². The maximum Gasteiger partial charge on any atom is 0.416 e. The third kappa shape index (κ3) is 3.58. The third-order valence-electron chi connectivity index (χ3n) is 6.03. The number of aliphatic hydroxyl groups is 2. The van der Waals surface area contributed by atoms with Crippen molar-refractivity contribution in [3.05, 3.63) is 35.4 Å². The minimum atomic E-state index is -4.55. The number of halogens is 3. The highest BCUT2D eigenvalue weighted by atomic mass is 19.4. The van der Waals surface area contributed by atoms with Crippen LogP contribution in [-0.4, -0.2) is 64.2 Å². The largest absolute Gasteiger partial charge is 0.416 e. The smallest absolute Gasteiger partial charge is 0.392 e. The fourth-order valence-corrected chi connectivity index (χ4v) is 4.27. The fourth-order valence-electron chi connectivity index (χ4n) is 4.27. The van der Waals surface area contributed by atoms with Crippen LogP contribution in [0.1, 0.15) is 37.3 Å². The number of hydrogen-bond acceptors (Lipinski definition) is 4. The maximum atomic E-state index is 13.3. The number of carbonyl (C=O) groups is 1. The first-order valence-electron chi connectivity index (χ1n) is 9.05. The van der Waals surface area contributed by atoms with Gasteiger partial charge in [0.05, 0.1) is 17.3 Å². The van der Waals surface area contributed by atoms with Gasteiger partial charge in [-0.1, -0.05) is 18.2 Å². The van der Waals surface area contributed by atoms with Crippen molar-refractivity contribution in [3.8, 4) is 0 Å². The lowest BCUT2D eigenvalue weighted by Gasteiger charge is -2.43. The summed E-state index contributed by atoms with van der Waals surface area (Å²) < 4.78 is 39.9. The van der Waals surface area contributed by atoms with Crippen molar-refractivity contribution in [3.63, 3.8) is 0 Å². The number of piperidine rings is 1. The molecule has 2 atom stereocenters. The zero-order valence-corrected chi connectivity index (χ0v) is 15.5. The van der Waals surface area contributed by atoms with E-state index in [4.69, 9.17) is 0 Å². The Hall–Kier alpha value is -1.64. The van der Waals surface area contributed by atoms with Gasteiger partial charge in [-0.3, -0.25) is 9.69 Å². The van der Waals surface area contributed by atoms with Crippen LogP contribution in [0.4, 0.5) is 13.2 Å². The van der Waals surface area contributed by atoms with E-state index >= 15 is 0 Å². The number of likely N-dealkylation sites (tertiary alicyclic amines) is 2. The Kier molecular flexibility index (Phi) is 5.03. The van der Waals surface area contributed by atoms with Gasteiger partial charge in [0.2, 0.25) is 5.91 Å². The Bertz CT molecular complexity index is 716. The molecule has 0 radical (unpaired) electrons. The van der Waals surface area contributed by atoms with Crippen LogP contribution in [0.3, 0.4) is 0 Å². The third-order valence-corrected chi connectivity index (χ3v) is 6.03. The zero-order valence-electron chi connectivity index (χ0n) is 15.5. The van der Waals surface area contributed by atoms with E-state index < -0.39 is 29.0 Å². The molecule has 3 rings (SSSR count). The van der Waals surface area contributed by atoms with Gasteiger partial charge in [-0.2, -0.15) is 13.2 Å². The summed E-state index contributed by atoms with van der Waals surface area (Å²) in [5, 5.41) is 20.8. The van der Waals surface area contributed by atoms with E-state index in [1.807, 2.05) is 0 Å². The monoisotopic (exact) mass is 386 g/mol. The second-order valence-corrected chi connectivity index (χ2v) is 7.88. The van der Waals surface area contributed by atoms with Crippen molar-refractivity contribution in [1.82, 2.24) is 9.80 Å². The second kappa shape index (κ2) is 6.76. The summed E-state index contributed by atoms with van der Waals surface area (Å²) in [6.45, 7) is 2.51. The molecule has 0 spiro atoms. The van der Waals surface area contributed by atoms with Crippen LogP contribution in [-0.2, 0) is 16.6 Å². The molecule has 2 aliphatic rings. The Morgan fingerprint density at radius 1 is 1.22 bits per heavy atom. The number of aliphatic hydroxyl groups excluding tert-OH is 1. The van der Waals surface area contributed by atoms with Gasteiger partial charge in [0.25, 0.3) is 0 Å². The molecule has 0 bridgehead atoms. The molecule has 27 heavy (non-hydrogen) atoms. The number of rotatable bonds is 2. The van der Waals surface area contributed by atoms with Gasteiger partial charge in [-0.25, -0.2) is 0 Å². The number of carbonyl (C=O) groups excluding carboxylic acids is 1. The average Bonchev–Trinajstić information content (AvgIpc) is 2.87. The predicted octanol–water partition coefficient (Wildman–Crippen LogP) is 1.97. The van der Waals surface area contributed by atoms with Gasteiger partial charge < -0.3 is 15.1 Å². The predicted molar refractivity (Wildman–Crippen MR) is 92.8 cm³/mol. The summed E-state index contributed by atoms with van der Waals surface area (Å²) in [6.07, 6.45) is -4.73. The first-order valence-corrected chi connectivity index (χ1v) is 9.05. The summed E-state index contributed by atoms with van der Waals surface area (Å²) in [5.74, 6) is -0.160. The Morgan fingerprint density at radius 2 is 1.81 bits per heavy atom. The minimum Gasteiger partial charge on any atom is -0.392 e. The lowest BCUT2D eigenvalue weighted by Crippen LogP contribution is -2.56. The number of hydrogen-bond donors (Lipinski definition) is 2. The quantitative estimate of drug-likeness (QED) is 0.816. The van der Waals surface area contributed by atoms with Crippen LogP contribution >= 0.6 is 0 Å². The summed E-state index contributed by atoms with van der Waals surface area (Å²) >= 11 is 0. The molecule has 2 unspecified atom stereocenters. The van der Waals surface area contributed by atoms with E-state index in [0.29, 0.717) is 13.0 Å². The highest BCUT2D eigenvalue weighted by Gasteiger charge is 2.49. The number of nitrogens with zero attached hydrogens (tertiary/aromatic N) is 2. The van der Waals surface area contributed by atoms with E-state index in [1.54, 1.807) is 23.8 Å². The minimum absolute atomic E-state index is 0.0359. The van der Waals surface area contributed by atoms with Gasteiger partial charge in [-0.05, 0) is 38.4 Å². The Morgan fingerprint density at radius 3 is 2.33 bits per heavy atom. The van der Waals surface area contributed by atoms with Crippen molar-refractivity contribution >= 4 is 5.91 Å². The number of amides is 1. The summed E-state index contributed by atoms with van der Waals surface area (Å²) in [4.78, 5) is 16.4. The van der Waals surface area contributed by atoms with Crippen molar-refractivity contribution < 1.29 is 28.2 Å². The topological polar surface area (TPSA) is 64.0 Å². The Labute approximate surface area is 156 Å². The molecule has 8 heteroatoms. The van der Waals surface area contributed by atoms with Crippen LogP contribution in [0.25, 0.3) is 0 Å². The summed E-state index contributed by atoms with van der Waals surface area (Å²) in [5.41, 5.74) is -3.42. The molecule has 1 aromatic rings. The second-order valence-electron chi connectivity index (χ2n) is 7.88. The number of likely N-dealkylation sites (N-methyl/N-ethyl adjacent to an activating group) is 1. The molecular weight excluding hydrogens is 361 g/mol. The average molecular weight is 386 g/mol. The summed E-state index contributed by atoms with van der Waals surface area (Å²) in [6, 6.07) is 5.07. The molecule has 5 nitrogen and oxygen atoms in total. The van der Waals surface area contributed by atoms with Crippen LogP contribution in [0.2, 0.25) is 0 Å². The number of β-amino-alcohol motifs (C(OH)–C–C–N with tert-alkyl or cyclic N) is 1. The molecular formula is C19H25F3N2O3. The van der Waals surface area contributed by atoms with Gasteiger partial charge in [-0.15, -0.1) is 0 Å². The van der Waals surface area contributed by atoms with E-state index in [0.717, 1.165) is 6.07 Å². The van der Waals surface area contributed by atoms with E-state index in [2.05, 4.69) is 0 Å². The SMILES string of the molecule is CN1CC(O)CC1(C)C(=O)N1CCC(O)(c2ccccc2C(F)(F)F)CC1. The van der Waals surface area contributed by atoms with Crippen molar-refractivity contribution in [1.29, 1.82) is 0 Å². The maximum absolute atomic E-state index is 13.3. The zero-order chi connectivity index (χ0) is 20.0. The molecule has 2 N–H and O–H groups in total. The first-order chi connectivity index (χ1) is 12.5. The van der Waals surface area contributed by atoms with Crippen LogP contribution < -0.4 is 0 Å². The molecule has 1 aromatic carbocycles. The van der Waals surface area contributed by atoms with Gasteiger partial charge in [0, 0.05) is 26.1 Å². The number of alkyl halides is 3. The van der Waals surface area contributed by atoms with Crippen LogP contribution in [0.15, 0.2) is 24.3 Å². The van der Waals surface area contributed by atoms with E-state index in [9.17, 15) is 28.2 Å². The van der Waals surface area contributed by atoms with Gasteiger partial charge in [0.15, 0.2) is 0 Å². The molecule has 2 saturated heterocycles. The fraction of sp³-hybridized carbons (Fsp3) is 0.632. The van der Waals surface area contributed by atoms with Crippen LogP contribution in [0.5, 0.6) is 0 Å². The standard InChI is InChI=1S/C19H25F3N2O3/c1-17(11-13(25)12-23(17)2)16(26)24-9-7-18(27,8-10-24)14-5-3-4-6-15(14)19(20,21)22/h3-6,13,25,27H,7-12H2,1-2H3. The molecule has 2 fully saturated rings. The lowest BCUT2D eigenvalue weighted by atomic mass is 9.81. The molecule has 0 aliphatic carbocycles. The molecule has 2 aliphatic heterocycles.